The van der Waals surface area contributed by atoms with Crippen LogP contribution in [0.3, 0.4) is 0 Å². The summed E-state index contributed by atoms with van der Waals surface area (Å²) in [5, 5.41) is 10.9. The quantitative estimate of drug-likeness (QED) is 0.183. The van der Waals surface area contributed by atoms with E-state index in [2.05, 4.69) is 30.9 Å². The number of carbonyl (C=O) groups excluding carboxylic acids is 1. The average molecular weight is 594 g/mol. The predicted octanol–water partition coefficient (Wildman–Crippen LogP) is 6.09. The lowest BCUT2D eigenvalue weighted by Gasteiger charge is -2.27. The molecule has 1 aromatic carbocycles. The molecule has 1 aliphatic carbocycles. The fourth-order valence-corrected chi connectivity index (χ4v) is 5.59. The van der Waals surface area contributed by atoms with Crippen LogP contribution in [0.4, 0.5) is 11.8 Å². The number of amides is 1. The first kappa shape index (κ1) is 28.8. The van der Waals surface area contributed by atoms with E-state index >= 15 is 0 Å². The molecule has 214 valence electrons. The van der Waals surface area contributed by atoms with Crippen molar-refractivity contribution in [2.45, 2.75) is 57.5 Å². The van der Waals surface area contributed by atoms with E-state index in [1.54, 1.807) is 30.9 Å². The first-order chi connectivity index (χ1) is 20.0. The summed E-state index contributed by atoms with van der Waals surface area (Å²) in [5.74, 6) is 2.04. The van der Waals surface area contributed by atoms with E-state index in [4.69, 9.17) is 28.2 Å². The third-order valence-electron chi connectivity index (χ3n) is 7.30. The van der Waals surface area contributed by atoms with Crippen LogP contribution in [0.1, 0.15) is 49.7 Å². The minimum atomic E-state index is -0.474. The van der Waals surface area contributed by atoms with Gasteiger partial charge in [0.25, 0.3) is 0 Å². The second-order valence-electron chi connectivity index (χ2n) is 10.3. The van der Waals surface area contributed by atoms with Gasteiger partial charge in [-0.1, -0.05) is 67.4 Å². The summed E-state index contributed by atoms with van der Waals surface area (Å²) >= 11 is 12.4. The maximum Gasteiger partial charge on any atom is 0.242 e. The van der Waals surface area contributed by atoms with Crippen LogP contribution >= 0.6 is 23.2 Å². The van der Waals surface area contributed by atoms with Gasteiger partial charge in [0.1, 0.15) is 24.0 Å². The van der Waals surface area contributed by atoms with Crippen molar-refractivity contribution in [3.8, 4) is 5.82 Å². The highest BCUT2D eigenvalue weighted by atomic mass is 35.5. The van der Waals surface area contributed by atoms with Crippen molar-refractivity contribution in [1.82, 2.24) is 29.8 Å². The number of nitrogens with one attached hydrogen (secondary N) is 3. The summed E-state index contributed by atoms with van der Waals surface area (Å²) in [7, 11) is 0. The van der Waals surface area contributed by atoms with Crippen LogP contribution in [0.25, 0.3) is 5.82 Å². The van der Waals surface area contributed by atoms with E-state index < -0.39 is 6.04 Å². The Bertz CT molecular complexity index is 1410. The van der Waals surface area contributed by atoms with Crippen LogP contribution in [-0.4, -0.2) is 43.0 Å². The molecule has 0 saturated heterocycles. The third-order valence-corrected chi connectivity index (χ3v) is 7.89. The number of anilines is 2. The first-order valence-corrected chi connectivity index (χ1v) is 14.8. The Kier molecular flexibility index (Phi) is 10.0. The fraction of sp³-hybridized carbons (Fsp3) is 0.367. The molecule has 1 aliphatic rings. The highest BCUT2D eigenvalue weighted by Gasteiger charge is 2.25. The van der Waals surface area contributed by atoms with E-state index in [1.807, 2.05) is 41.2 Å². The summed E-state index contributed by atoms with van der Waals surface area (Å²) in [6.45, 7) is 0.940. The molecule has 0 radical (unpaired) electrons. The summed E-state index contributed by atoms with van der Waals surface area (Å²) in [6.07, 6.45) is 16.2. The third kappa shape index (κ3) is 8.41. The van der Waals surface area contributed by atoms with Gasteiger partial charge in [-0.15, -0.1) is 0 Å². The molecule has 11 heteroatoms. The summed E-state index contributed by atoms with van der Waals surface area (Å²) < 4.78 is 1.82. The number of halogens is 2. The molecule has 1 saturated carbocycles. The van der Waals surface area contributed by atoms with Crippen LogP contribution < -0.4 is 16.0 Å². The van der Waals surface area contributed by atoms with Crippen molar-refractivity contribution in [3.63, 3.8) is 0 Å². The van der Waals surface area contributed by atoms with Gasteiger partial charge < -0.3 is 16.0 Å². The van der Waals surface area contributed by atoms with Crippen LogP contribution in [-0.2, 0) is 17.8 Å². The van der Waals surface area contributed by atoms with Gasteiger partial charge in [-0.2, -0.15) is 9.97 Å². The number of hydrogen-bond acceptors (Lipinski definition) is 7. The number of pyridine rings is 1. The first-order valence-electron chi connectivity index (χ1n) is 14.0. The molecular weight excluding hydrogens is 559 g/mol. The number of imidazole rings is 1. The summed E-state index contributed by atoms with van der Waals surface area (Å²) in [5.41, 5.74) is 1.93. The predicted molar refractivity (Wildman–Crippen MR) is 162 cm³/mol. The lowest BCUT2D eigenvalue weighted by molar-refractivity contribution is -0.122. The maximum atomic E-state index is 13.6. The lowest BCUT2D eigenvalue weighted by Crippen LogP contribution is -2.41. The monoisotopic (exact) mass is 592 g/mol. The Morgan fingerprint density at radius 1 is 1.05 bits per heavy atom. The molecular formula is C30H34Cl2N8O. The average Bonchev–Trinajstić information content (AvgIpc) is 3.53. The van der Waals surface area contributed by atoms with Crippen LogP contribution in [0, 0.1) is 5.92 Å². The zero-order valence-electron chi connectivity index (χ0n) is 22.8. The maximum absolute atomic E-state index is 13.6. The minimum absolute atomic E-state index is 0.101. The molecule has 0 bridgehead atoms. The smallest absolute Gasteiger partial charge is 0.242 e. The van der Waals surface area contributed by atoms with Gasteiger partial charge in [0.05, 0.1) is 0 Å². The zero-order valence-corrected chi connectivity index (χ0v) is 24.3. The number of aromatic nitrogens is 5. The number of benzene rings is 1. The van der Waals surface area contributed by atoms with Gasteiger partial charge in [0, 0.05) is 54.0 Å². The normalized spacial score (nSPS) is 14.4. The second-order valence-corrected chi connectivity index (χ2v) is 11.2. The van der Waals surface area contributed by atoms with Crippen molar-refractivity contribution in [2.75, 3.05) is 17.2 Å². The molecule has 3 aromatic heterocycles. The number of carbonyl (C=O) groups is 1. The highest BCUT2D eigenvalue weighted by molar-refractivity contribution is 6.35. The molecule has 0 aliphatic heterocycles. The van der Waals surface area contributed by atoms with Gasteiger partial charge >= 0.3 is 0 Å². The van der Waals surface area contributed by atoms with Crippen molar-refractivity contribution in [3.05, 3.63) is 88.7 Å². The van der Waals surface area contributed by atoms with E-state index in [1.165, 1.54) is 19.3 Å². The Hall–Kier alpha value is -3.69. The van der Waals surface area contributed by atoms with Crippen molar-refractivity contribution < 1.29 is 4.79 Å². The number of rotatable bonds is 12. The van der Waals surface area contributed by atoms with Crippen molar-refractivity contribution >= 4 is 40.9 Å². The molecule has 4 aromatic rings. The van der Waals surface area contributed by atoms with E-state index in [0.29, 0.717) is 53.1 Å². The van der Waals surface area contributed by atoms with Crippen LogP contribution in [0.15, 0.2) is 67.5 Å². The largest absolute Gasteiger partial charge is 0.358 e. The standard InChI is InChI=1S/C30H34Cl2N8O/c31-24-9-8-23(25(32)16-24)19-36-29(41)26(15-21-5-2-1-3-6-21)37-27-17-28(40-14-13-34-20-40)39-30(38-27)35-12-10-22-7-4-11-33-18-22/h4,7-9,11,13-14,16-18,20-21,26H,1-3,5-6,10,12,15,19H2,(H,36,41)(H2,35,37,38,39). The van der Waals surface area contributed by atoms with E-state index in [9.17, 15) is 4.79 Å². The van der Waals surface area contributed by atoms with Gasteiger partial charge in [0.2, 0.25) is 11.9 Å². The molecule has 1 unspecified atom stereocenters. The van der Waals surface area contributed by atoms with Gasteiger partial charge in [-0.25, -0.2) is 4.98 Å². The van der Waals surface area contributed by atoms with E-state index in [0.717, 1.165) is 30.4 Å². The topological polar surface area (TPSA) is 110 Å². The molecule has 3 heterocycles. The Labute approximate surface area is 250 Å². The fourth-order valence-electron chi connectivity index (χ4n) is 5.12. The Morgan fingerprint density at radius 2 is 1.93 bits per heavy atom. The van der Waals surface area contributed by atoms with Gasteiger partial charge in [-0.05, 0) is 48.1 Å². The molecule has 1 amide bonds. The van der Waals surface area contributed by atoms with Crippen LogP contribution in [0.5, 0.6) is 0 Å². The molecule has 9 nitrogen and oxygen atoms in total. The van der Waals surface area contributed by atoms with Crippen molar-refractivity contribution in [2.24, 2.45) is 5.92 Å². The zero-order chi connectivity index (χ0) is 28.4. The highest BCUT2D eigenvalue weighted by Crippen LogP contribution is 2.29. The van der Waals surface area contributed by atoms with Gasteiger partial charge in [-0.3, -0.25) is 14.3 Å². The number of nitrogens with zero attached hydrogens (tertiary/aromatic N) is 5. The van der Waals surface area contributed by atoms with Gasteiger partial charge in [0.15, 0.2) is 0 Å². The molecule has 1 atom stereocenters. The molecule has 1 fully saturated rings. The molecule has 5 rings (SSSR count). The second kappa shape index (κ2) is 14.3. The minimum Gasteiger partial charge on any atom is -0.358 e. The Morgan fingerprint density at radius 3 is 2.68 bits per heavy atom. The van der Waals surface area contributed by atoms with E-state index in [-0.39, 0.29) is 5.91 Å². The summed E-state index contributed by atoms with van der Waals surface area (Å²) in [6, 6.07) is 10.6. The Balaban J connectivity index is 1.34. The molecule has 0 spiro atoms. The molecule has 3 N–H and O–H groups in total. The lowest BCUT2D eigenvalue weighted by atomic mass is 9.84. The number of hydrogen-bond donors (Lipinski definition) is 3. The van der Waals surface area contributed by atoms with Crippen LogP contribution in [0.2, 0.25) is 10.0 Å². The SMILES string of the molecule is O=C(NCc1ccc(Cl)cc1Cl)C(CC1CCCCC1)Nc1cc(-n2ccnc2)nc(NCCc2cccnc2)n1. The molecule has 41 heavy (non-hydrogen) atoms. The van der Waals surface area contributed by atoms with Crippen molar-refractivity contribution in [1.29, 1.82) is 0 Å². The summed E-state index contributed by atoms with van der Waals surface area (Å²) in [4.78, 5) is 31.3.